The maximum absolute atomic E-state index is 10.8. The zero-order chi connectivity index (χ0) is 14.1. The molecule has 1 amide bonds. The molecule has 0 bridgehead atoms. The molecular formula is C14H25NO4. The van der Waals surface area contributed by atoms with Crippen molar-refractivity contribution in [2.24, 2.45) is 0 Å². The standard InChI is InChI=1S/C14H25NO4/c1-4-5-8-17-13-9-18-14(19-10-13)7-6-11(2)15-12(3)16/h6-7,11,13-14H,4-5,8-10H2,1-3H3,(H,15,16)/b7-6+/t11-,13?,14?/m0/s1. The lowest BCUT2D eigenvalue weighted by molar-refractivity contribution is -0.205. The lowest BCUT2D eigenvalue weighted by atomic mass is 10.3. The minimum atomic E-state index is -0.345. The van der Waals surface area contributed by atoms with Crippen molar-refractivity contribution in [2.45, 2.75) is 52.0 Å². The smallest absolute Gasteiger partial charge is 0.217 e. The highest BCUT2D eigenvalue weighted by Crippen LogP contribution is 2.10. The predicted octanol–water partition coefficient (Wildman–Crippen LogP) is 1.63. The summed E-state index contributed by atoms with van der Waals surface area (Å²) in [6, 6.07) is -0.0248. The highest BCUT2D eigenvalue weighted by atomic mass is 16.7. The zero-order valence-electron chi connectivity index (χ0n) is 12.1. The molecule has 1 rings (SSSR count). The molecule has 1 saturated heterocycles. The van der Waals surface area contributed by atoms with Gasteiger partial charge in [0, 0.05) is 19.6 Å². The molecule has 0 aliphatic carbocycles. The molecule has 1 aliphatic rings. The van der Waals surface area contributed by atoms with Gasteiger partial charge in [0.1, 0.15) is 6.10 Å². The lowest BCUT2D eigenvalue weighted by Crippen LogP contribution is -2.37. The Balaban J connectivity index is 2.18. The highest BCUT2D eigenvalue weighted by molar-refractivity contribution is 5.73. The molecule has 0 saturated carbocycles. The van der Waals surface area contributed by atoms with Gasteiger partial charge < -0.3 is 19.5 Å². The molecule has 0 aromatic heterocycles. The predicted molar refractivity (Wildman–Crippen MR) is 72.8 cm³/mol. The van der Waals surface area contributed by atoms with Crippen molar-refractivity contribution in [1.29, 1.82) is 0 Å². The molecular weight excluding hydrogens is 246 g/mol. The minimum Gasteiger partial charge on any atom is -0.373 e. The SMILES string of the molecule is CCCCOC1COC(/C=C/[C@H](C)NC(C)=O)OC1. The number of ether oxygens (including phenoxy) is 3. The van der Waals surface area contributed by atoms with Crippen molar-refractivity contribution < 1.29 is 19.0 Å². The first kappa shape index (κ1) is 16.1. The molecule has 5 nitrogen and oxygen atoms in total. The number of rotatable bonds is 7. The summed E-state index contributed by atoms with van der Waals surface area (Å²) in [4.78, 5) is 10.8. The average molecular weight is 271 g/mol. The third kappa shape index (κ3) is 7.30. The van der Waals surface area contributed by atoms with Crippen molar-refractivity contribution >= 4 is 5.91 Å². The van der Waals surface area contributed by atoms with Crippen LogP contribution in [0.3, 0.4) is 0 Å². The summed E-state index contributed by atoms with van der Waals surface area (Å²) in [5.74, 6) is -0.0491. The number of amides is 1. The zero-order valence-corrected chi connectivity index (χ0v) is 12.1. The first-order chi connectivity index (χ1) is 9.11. The third-order valence-corrected chi connectivity index (χ3v) is 2.73. The number of unbranched alkanes of at least 4 members (excludes halogenated alkanes) is 1. The van der Waals surface area contributed by atoms with Gasteiger partial charge in [-0.2, -0.15) is 0 Å². The maximum atomic E-state index is 10.8. The van der Waals surface area contributed by atoms with Gasteiger partial charge in [0.05, 0.1) is 13.2 Å². The summed E-state index contributed by atoms with van der Waals surface area (Å²) in [6.07, 6.45) is 5.56. The number of carbonyl (C=O) groups is 1. The maximum Gasteiger partial charge on any atom is 0.217 e. The van der Waals surface area contributed by atoms with E-state index in [1.54, 1.807) is 0 Å². The van der Waals surface area contributed by atoms with Gasteiger partial charge in [-0.3, -0.25) is 4.79 Å². The van der Waals surface area contributed by atoms with Gasteiger partial charge in [-0.25, -0.2) is 0 Å². The topological polar surface area (TPSA) is 56.8 Å². The Morgan fingerprint density at radius 1 is 1.47 bits per heavy atom. The molecule has 1 atom stereocenters. The first-order valence-corrected chi connectivity index (χ1v) is 6.92. The van der Waals surface area contributed by atoms with Crippen LogP contribution < -0.4 is 5.32 Å². The van der Waals surface area contributed by atoms with Crippen molar-refractivity contribution in [3.8, 4) is 0 Å². The van der Waals surface area contributed by atoms with Gasteiger partial charge in [-0.1, -0.05) is 19.4 Å². The molecule has 1 heterocycles. The van der Waals surface area contributed by atoms with Crippen molar-refractivity contribution in [3.05, 3.63) is 12.2 Å². The Kier molecular flexibility index (Phi) is 7.70. The van der Waals surface area contributed by atoms with Crippen LogP contribution >= 0.6 is 0 Å². The molecule has 5 heteroatoms. The summed E-state index contributed by atoms with van der Waals surface area (Å²) in [7, 11) is 0. The number of hydrogen-bond acceptors (Lipinski definition) is 4. The van der Waals surface area contributed by atoms with Crippen LogP contribution in [0.5, 0.6) is 0 Å². The largest absolute Gasteiger partial charge is 0.373 e. The number of nitrogens with one attached hydrogen (secondary N) is 1. The fourth-order valence-electron chi connectivity index (χ4n) is 1.73. The van der Waals surface area contributed by atoms with E-state index in [4.69, 9.17) is 14.2 Å². The minimum absolute atomic E-state index is 0.0248. The summed E-state index contributed by atoms with van der Waals surface area (Å²) in [5, 5.41) is 2.76. The molecule has 1 aliphatic heterocycles. The molecule has 110 valence electrons. The van der Waals surface area contributed by atoms with E-state index < -0.39 is 0 Å². The third-order valence-electron chi connectivity index (χ3n) is 2.73. The molecule has 0 aromatic carbocycles. The van der Waals surface area contributed by atoms with Gasteiger partial charge in [-0.05, 0) is 19.4 Å². The average Bonchev–Trinajstić information content (AvgIpc) is 2.37. The van der Waals surface area contributed by atoms with Crippen LogP contribution in [0, 0.1) is 0 Å². The molecule has 0 radical (unpaired) electrons. The van der Waals surface area contributed by atoms with Gasteiger partial charge in [-0.15, -0.1) is 0 Å². The van der Waals surface area contributed by atoms with Gasteiger partial charge in [0.2, 0.25) is 5.91 Å². The van der Waals surface area contributed by atoms with E-state index in [-0.39, 0.29) is 24.3 Å². The van der Waals surface area contributed by atoms with Crippen LogP contribution in [0.25, 0.3) is 0 Å². The number of carbonyl (C=O) groups excluding carboxylic acids is 1. The fourth-order valence-corrected chi connectivity index (χ4v) is 1.73. The van der Waals surface area contributed by atoms with Gasteiger partial charge in [0.15, 0.2) is 6.29 Å². The van der Waals surface area contributed by atoms with Gasteiger partial charge >= 0.3 is 0 Å². The quantitative estimate of drug-likeness (QED) is 0.565. The van der Waals surface area contributed by atoms with Crippen LogP contribution in [0.15, 0.2) is 12.2 Å². The summed E-state index contributed by atoms with van der Waals surface area (Å²) >= 11 is 0. The van der Waals surface area contributed by atoms with Crippen LogP contribution in [0.2, 0.25) is 0 Å². The van der Waals surface area contributed by atoms with Crippen molar-refractivity contribution in [3.63, 3.8) is 0 Å². The second-order valence-electron chi connectivity index (χ2n) is 4.76. The van der Waals surface area contributed by atoms with E-state index in [1.165, 1.54) is 6.92 Å². The van der Waals surface area contributed by atoms with Crippen LogP contribution in [-0.4, -0.2) is 44.2 Å². The second kappa shape index (κ2) is 9.07. The summed E-state index contributed by atoms with van der Waals surface area (Å²) < 4.78 is 16.7. The number of hydrogen-bond donors (Lipinski definition) is 1. The lowest BCUT2D eigenvalue weighted by Gasteiger charge is -2.28. The Hall–Kier alpha value is -0.910. The first-order valence-electron chi connectivity index (χ1n) is 6.92. The van der Waals surface area contributed by atoms with Crippen LogP contribution in [0.4, 0.5) is 0 Å². The normalized spacial score (nSPS) is 25.4. The summed E-state index contributed by atoms with van der Waals surface area (Å²) in [6.45, 7) is 7.39. The Labute approximate surface area is 115 Å². The molecule has 0 spiro atoms. The Morgan fingerprint density at radius 3 is 2.74 bits per heavy atom. The monoisotopic (exact) mass is 271 g/mol. The van der Waals surface area contributed by atoms with E-state index in [9.17, 15) is 4.79 Å². The molecule has 0 aromatic rings. The van der Waals surface area contributed by atoms with E-state index >= 15 is 0 Å². The molecule has 1 N–H and O–H groups in total. The van der Waals surface area contributed by atoms with E-state index in [1.807, 2.05) is 19.1 Å². The van der Waals surface area contributed by atoms with E-state index in [0.29, 0.717) is 13.2 Å². The van der Waals surface area contributed by atoms with Crippen LogP contribution in [0.1, 0.15) is 33.6 Å². The van der Waals surface area contributed by atoms with E-state index in [0.717, 1.165) is 19.4 Å². The molecule has 0 unspecified atom stereocenters. The van der Waals surface area contributed by atoms with Gasteiger partial charge in [0.25, 0.3) is 0 Å². The van der Waals surface area contributed by atoms with Crippen molar-refractivity contribution in [2.75, 3.05) is 19.8 Å². The van der Waals surface area contributed by atoms with Crippen LogP contribution in [-0.2, 0) is 19.0 Å². The Morgan fingerprint density at radius 2 is 2.16 bits per heavy atom. The highest BCUT2D eigenvalue weighted by Gasteiger charge is 2.20. The van der Waals surface area contributed by atoms with E-state index in [2.05, 4.69) is 12.2 Å². The molecule has 19 heavy (non-hydrogen) atoms. The van der Waals surface area contributed by atoms with Crippen molar-refractivity contribution in [1.82, 2.24) is 5.32 Å². The second-order valence-corrected chi connectivity index (χ2v) is 4.76. The summed E-state index contributed by atoms with van der Waals surface area (Å²) in [5.41, 5.74) is 0. The Bertz CT molecular complexity index is 285. The molecule has 1 fully saturated rings. The fraction of sp³-hybridized carbons (Fsp3) is 0.786.